The van der Waals surface area contributed by atoms with E-state index in [0.717, 1.165) is 26.1 Å². The number of alkyl halides is 1. The largest absolute Gasteiger partial charge is 0.380 e. The lowest BCUT2D eigenvalue weighted by atomic mass is 10.2. The van der Waals surface area contributed by atoms with Crippen molar-refractivity contribution in [1.82, 2.24) is 5.32 Å². The average molecular weight is 222 g/mol. The lowest BCUT2D eigenvalue weighted by Gasteiger charge is -2.04. The molecule has 86 valence electrons. The molecule has 0 aliphatic rings. The summed E-state index contributed by atoms with van der Waals surface area (Å²) >= 11 is 5.47. The second kappa shape index (κ2) is 13.2. The van der Waals surface area contributed by atoms with Crippen molar-refractivity contribution in [2.45, 2.75) is 39.0 Å². The van der Waals surface area contributed by atoms with Crippen LogP contribution in [0.3, 0.4) is 0 Å². The molecule has 0 atom stereocenters. The number of halogens is 1. The molecular formula is C11H24ClNO. The van der Waals surface area contributed by atoms with Gasteiger partial charge in [-0.2, -0.15) is 0 Å². The highest BCUT2D eigenvalue weighted by Gasteiger charge is 1.90. The summed E-state index contributed by atoms with van der Waals surface area (Å²) in [5, 5.41) is 3.41. The molecule has 2 nitrogen and oxygen atoms in total. The molecule has 0 radical (unpaired) electrons. The minimum atomic E-state index is 0.602. The van der Waals surface area contributed by atoms with Crippen LogP contribution in [-0.2, 0) is 4.74 Å². The first-order valence-electron chi connectivity index (χ1n) is 5.76. The summed E-state index contributed by atoms with van der Waals surface area (Å²) in [6, 6.07) is 0. The lowest BCUT2D eigenvalue weighted by Crippen LogP contribution is -2.18. The number of hydrogen-bond donors (Lipinski definition) is 1. The van der Waals surface area contributed by atoms with Crippen molar-refractivity contribution < 1.29 is 4.74 Å². The molecule has 0 aromatic carbocycles. The van der Waals surface area contributed by atoms with Crippen molar-refractivity contribution in [3.8, 4) is 0 Å². The summed E-state index contributed by atoms with van der Waals surface area (Å²) in [6.07, 6.45) is 6.42. The van der Waals surface area contributed by atoms with Crippen molar-refractivity contribution in [2.75, 3.05) is 32.2 Å². The van der Waals surface area contributed by atoms with Crippen LogP contribution in [0.1, 0.15) is 39.0 Å². The zero-order chi connectivity index (χ0) is 10.5. The quantitative estimate of drug-likeness (QED) is 0.428. The zero-order valence-electron chi connectivity index (χ0n) is 9.36. The van der Waals surface area contributed by atoms with Crippen molar-refractivity contribution in [3.05, 3.63) is 0 Å². The first-order chi connectivity index (χ1) is 6.91. The topological polar surface area (TPSA) is 21.3 Å². The Labute approximate surface area is 93.4 Å². The molecule has 0 aliphatic carbocycles. The molecular weight excluding hydrogens is 198 g/mol. The molecule has 0 unspecified atom stereocenters. The molecule has 14 heavy (non-hydrogen) atoms. The average Bonchev–Trinajstić information content (AvgIpc) is 2.21. The smallest absolute Gasteiger partial charge is 0.0601 e. The highest BCUT2D eigenvalue weighted by molar-refractivity contribution is 6.17. The Kier molecular flexibility index (Phi) is 13.4. The van der Waals surface area contributed by atoms with E-state index in [-0.39, 0.29) is 0 Å². The fourth-order valence-corrected chi connectivity index (χ4v) is 1.37. The number of rotatable bonds is 11. The molecule has 0 saturated heterocycles. The van der Waals surface area contributed by atoms with Gasteiger partial charge in [0, 0.05) is 12.5 Å². The second-order valence-electron chi connectivity index (χ2n) is 3.47. The van der Waals surface area contributed by atoms with E-state index in [1.54, 1.807) is 0 Å². The summed E-state index contributed by atoms with van der Waals surface area (Å²) in [6.45, 7) is 5.96. The maximum Gasteiger partial charge on any atom is 0.0601 e. The van der Waals surface area contributed by atoms with Gasteiger partial charge in [0.2, 0.25) is 0 Å². The summed E-state index contributed by atoms with van der Waals surface area (Å²) in [4.78, 5) is 0. The van der Waals surface area contributed by atoms with E-state index >= 15 is 0 Å². The lowest BCUT2D eigenvalue weighted by molar-refractivity contribution is 0.146. The fraction of sp³-hybridized carbons (Fsp3) is 1.00. The Balaban J connectivity index is 2.78. The van der Waals surface area contributed by atoms with Gasteiger partial charge in [-0.05, 0) is 25.9 Å². The Morgan fingerprint density at radius 1 is 1.00 bits per heavy atom. The third-order valence-electron chi connectivity index (χ3n) is 2.07. The van der Waals surface area contributed by atoms with Gasteiger partial charge in [0.05, 0.1) is 6.61 Å². The van der Waals surface area contributed by atoms with Crippen LogP contribution in [0.4, 0.5) is 0 Å². The van der Waals surface area contributed by atoms with Gasteiger partial charge in [-0.25, -0.2) is 0 Å². The molecule has 0 rings (SSSR count). The van der Waals surface area contributed by atoms with Crippen LogP contribution in [0.2, 0.25) is 0 Å². The van der Waals surface area contributed by atoms with Crippen LogP contribution in [-0.4, -0.2) is 32.2 Å². The molecule has 0 fully saturated rings. The van der Waals surface area contributed by atoms with E-state index in [1.165, 1.54) is 25.7 Å². The monoisotopic (exact) mass is 221 g/mol. The minimum absolute atomic E-state index is 0.602. The summed E-state index contributed by atoms with van der Waals surface area (Å²) in [5.41, 5.74) is 0. The zero-order valence-corrected chi connectivity index (χ0v) is 10.1. The molecule has 0 amide bonds. The van der Waals surface area contributed by atoms with Crippen molar-refractivity contribution in [1.29, 1.82) is 0 Å². The third kappa shape index (κ3) is 12.2. The van der Waals surface area contributed by atoms with Crippen LogP contribution in [0, 0.1) is 0 Å². The summed E-state index contributed by atoms with van der Waals surface area (Å²) in [7, 11) is 0. The van der Waals surface area contributed by atoms with Crippen LogP contribution in [0.25, 0.3) is 0 Å². The van der Waals surface area contributed by atoms with Crippen LogP contribution >= 0.6 is 11.6 Å². The number of unbranched alkanes of at least 4 members (excludes halogenated alkanes) is 3. The SMILES string of the molecule is CCCCCCNCCCOCCCl. The molecule has 0 saturated carbocycles. The van der Waals surface area contributed by atoms with Gasteiger partial charge in [-0.1, -0.05) is 26.2 Å². The van der Waals surface area contributed by atoms with Gasteiger partial charge in [0.1, 0.15) is 0 Å². The molecule has 0 aromatic rings. The second-order valence-corrected chi connectivity index (χ2v) is 3.84. The van der Waals surface area contributed by atoms with E-state index in [1.807, 2.05) is 0 Å². The molecule has 3 heteroatoms. The Morgan fingerprint density at radius 3 is 2.50 bits per heavy atom. The van der Waals surface area contributed by atoms with Gasteiger partial charge < -0.3 is 10.1 Å². The molecule has 0 heterocycles. The van der Waals surface area contributed by atoms with E-state index in [4.69, 9.17) is 16.3 Å². The molecule has 0 spiro atoms. The number of hydrogen-bond acceptors (Lipinski definition) is 2. The first kappa shape index (κ1) is 14.2. The number of nitrogens with one attached hydrogen (secondary N) is 1. The fourth-order valence-electron chi connectivity index (χ4n) is 1.26. The maximum absolute atomic E-state index is 5.47. The first-order valence-corrected chi connectivity index (χ1v) is 6.29. The van der Waals surface area contributed by atoms with Crippen molar-refractivity contribution in [3.63, 3.8) is 0 Å². The normalized spacial score (nSPS) is 10.7. The third-order valence-corrected chi connectivity index (χ3v) is 2.23. The van der Waals surface area contributed by atoms with Gasteiger partial charge in [0.25, 0.3) is 0 Å². The Bertz CT molecular complexity index is 89.3. The molecule has 0 aliphatic heterocycles. The highest BCUT2D eigenvalue weighted by Crippen LogP contribution is 1.96. The van der Waals surface area contributed by atoms with E-state index in [2.05, 4.69) is 12.2 Å². The van der Waals surface area contributed by atoms with Crippen LogP contribution < -0.4 is 5.32 Å². The van der Waals surface area contributed by atoms with E-state index in [0.29, 0.717) is 12.5 Å². The van der Waals surface area contributed by atoms with Crippen LogP contribution in [0.15, 0.2) is 0 Å². The molecule has 0 aromatic heterocycles. The predicted molar refractivity (Wildman–Crippen MR) is 63.2 cm³/mol. The van der Waals surface area contributed by atoms with E-state index in [9.17, 15) is 0 Å². The summed E-state index contributed by atoms with van der Waals surface area (Å²) < 4.78 is 5.26. The molecule has 0 bridgehead atoms. The Morgan fingerprint density at radius 2 is 1.79 bits per heavy atom. The van der Waals surface area contributed by atoms with Crippen molar-refractivity contribution >= 4 is 11.6 Å². The number of ether oxygens (including phenoxy) is 1. The maximum atomic E-state index is 5.47. The standard InChI is InChI=1S/C11H24ClNO/c1-2-3-4-5-8-13-9-6-10-14-11-7-12/h13H,2-11H2,1H3. The van der Waals surface area contributed by atoms with E-state index < -0.39 is 0 Å². The highest BCUT2D eigenvalue weighted by atomic mass is 35.5. The van der Waals surface area contributed by atoms with Crippen molar-refractivity contribution in [2.24, 2.45) is 0 Å². The van der Waals surface area contributed by atoms with Gasteiger partial charge in [-0.3, -0.25) is 0 Å². The van der Waals surface area contributed by atoms with Gasteiger partial charge in [-0.15, -0.1) is 11.6 Å². The summed E-state index contributed by atoms with van der Waals surface area (Å²) in [5.74, 6) is 0.602. The van der Waals surface area contributed by atoms with Crippen LogP contribution in [0.5, 0.6) is 0 Å². The van der Waals surface area contributed by atoms with Gasteiger partial charge >= 0.3 is 0 Å². The minimum Gasteiger partial charge on any atom is -0.380 e. The molecule has 1 N–H and O–H groups in total. The van der Waals surface area contributed by atoms with Gasteiger partial charge in [0.15, 0.2) is 0 Å². The Hall–Kier alpha value is 0.210. The predicted octanol–water partition coefficient (Wildman–Crippen LogP) is 2.80.